The summed E-state index contributed by atoms with van der Waals surface area (Å²) < 4.78 is 119. The predicted octanol–water partition coefficient (Wildman–Crippen LogP) is 7.16. The Balaban J connectivity index is 2.51. The van der Waals surface area contributed by atoms with Crippen molar-refractivity contribution in [1.82, 2.24) is 0 Å². The minimum Gasteiger partial charge on any atom is -0.293 e. The van der Waals surface area contributed by atoms with Gasteiger partial charge in [-0.2, -0.15) is 39.5 Å². The molecular formula is C19H12ClF9O. The number of halogens is 10. The van der Waals surface area contributed by atoms with Crippen molar-refractivity contribution in [3.63, 3.8) is 0 Å². The Hall–Kier alpha value is -2.23. The van der Waals surface area contributed by atoms with E-state index in [0.717, 1.165) is 36.4 Å². The Bertz CT molecular complexity index is 877. The van der Waals surface area contributed by atoms with Gasteiger partial charge in [-0.15, -0.1) is 0 Å². The molecule has 11 heteroatoms. The molecule has 0 amide bonds. The molecule has 0 saturated heterocycles. The molecule has 1 unspecified atom stereocenters. The summed E-state index contributed by atoms with van der Waals surface area (Å²) in [4.78, 5) is 12.7. The van der Waals surface area contributed by atoms with Crippen molar-refractivity contribution in [1.29, 1.82) is 0 Å². The van der Waals surface area contributed by atoms with Gasteiger partial charge in [0.25, 0.3) is 0 Å². The highest BCUT2D eigenvalue weighted by atomic mass is 35.5. The maximum Gasteiger partial charge on any atom is 0.460 e. The number of benzene rings is 2. The zero-order valence-electron chi connectivity index (χ0n) is 14.7. The van der Waals surface area contributed by atoms with Crippen molar-refractivity contribution in [2.24, 2.45) is 0 Å². The molecule has 164 valence electrons. The SMILES string of the molecule is O=C(c1ccccc1)C(CC(F)(F)C(F)(F)C(F)(F)C(F)(F)F)c1ccc(Cl)cc1. The largest absolute Gasteiger partial charge is 0.460 e. The van der Waals surface area contributed by atoms with E-state index in [1.54, 1.807) is 0 Å². The molecule has 0 spiro atoms. The van der Waals surface area contributed by atoms with Gasteiger partial charge in [0.2, 0.25) is 0 Å². The molecule has 0 aliphatic carbocycles. The topological polar surface area (TPSA) is 17.1 Å². The number of rotatable bonds is 7. The Labute approximate surface area is 169 Å². The minimum atomic E-state index is -7.02. The highest BCUT2D eigenvalue weighted by Gasteiger charge is 2.81. The van der Waals surface area contributed by atoms with Gasteiger partial charge in [0.1, 0.15) is 0 Å². The van der Waals surface area contributed by atoms with Crippen LogP contribution < -0.4 is 0 Å². The number of carbonyl (C=O) groups is 1. The Morgan fingerprint density at radius 1 is 0.767 bits per heavy atom. The molecule has 2 aromatic carbocycles. The minimum absolute atomic E-state index is 0.0883. The van der Waals surface area contributed by atoms with Gasteiger partial charge < -0.3 is 0 Å². The first-order chi connectivity index (χ1) is 13.6. The van der Waals surface area contributed by atoms with E-state index in [4.69, 9.17) is 11.6 Å². The first-order valence-corrected chi connectivity index (χ1v) is 8.54. The number of hydrogen-bond acceptors (Lipinski definition) is 1. The van der Waals surface area contributed by atoms with E-state index >= 15 is 0 Å². The summed E-state index contributed by atoms with van der Waals surface area (Å²) in [6, 6.07) is 10.7. The van der Waals surface area contributed by atoms with E-state index in [1.165, 1.54) is 18.2 Å². The van der Waals surface area contributed by atoms with Crippen LogP contribution in [0.3, 0.4) is 0 Å². The quantitative estimate of drug-likeness (QED) is 0.315. The average Bonchev–Trinajstić information content (AvgIpc) is 2.66. The second kappa shape index (κ2) is 8.13. The van der Waals surface area contributed by atoms with Gasteiger partial charge in [-0.3, -0.25) is 4.79 Å². The molecule has 0 bridgehead atoms. The van der Waals surface area contributed by atoms with Crippen molar-refractivity contribution in [2.45, 2.75) is 36.3 Å². The van der Waals surface area contributed by atoms with Gasteiger partial charge >= 0.3 is 23.9 Å². The summed E-state index contributed by atoms with van der Waals surface area (Å²) in [7, 11) is 0. The second-order valence-electron chi connectivity index (χ2n) is 6.39. The van der Waals surface area contributed by atoms with Crippen molar-refractivity contribution >= 4 is 17.4 Å². The molecular weight excluding hydrogens is 451 g/mol. The lowest BCUT2D eigenvalue weighted by Crippen LogP contribution is -2.61. The normalized spacial score (nSPS) is 14.5. The molecule has 2 aromatic rings. The zero-order chi connectivity index (χ0) is 23.0. The fraction of sp³-hybridized carbons (Fsp3) is 0.316. The van der Waals surface area contributed by atoms with E-state index in [0.29, 0.717) is 0 Å². The third-order valence-electron chi connectivity index (χ3n) is 4.32. The summed E-state index contributed by atoms with van der Waals surface area (Å²) in [5, 5.41) is 0.0883. The zero-order valence-corrected chi connectivity index (χ0v) is 15.4. The van der Waals surface area contributed by atoms with Gasteiger partial charge in [0.15, 0.2) is 5.78 Å². The maximum absolute atomic E-state index is 14.2. The molecule has 1 atom stereocenters. The fourth-order valence-corrected chi connectivity index (χ4v) is 2.78. The summed E-state index contributed by atoms with van der Waals surface area (Å²) >= 11 is 5.65. The van der Waals surface area contributed by atoms with Crippen LogP contribution in [-0.4, -0.2) is 29.7 Å². The smallest absolute Gasteiger partial charge is 0.293 e. The first kappa shape index (κ1) is 24.0. The third-order valence-corrected chi connectivity index (χ3v) is 4.57. The molecule has 0 fully saturated rings. The molecule has 30 heavy (non-hydrogen) atoms. The highest BCUT2D eigenvalue weighted by molar-refractivity contribution is 6.30. The summed E-state index contributed by atoms with van der Waals surface area (Å²) in [6.07, 6.45) is -9.22. The number of hydrogen-bond donors (Lipinski definition) is 0. The molecule has 0 aliphatic heterocycles. The molecule has 0 heterocycles. The lowest BCUT2D eigenvalue weighted by atomic mass is 9.83. The Morgan fingerprint density at radius 3 is 1.73 bits per heavy atom. The van der Waals surface area contributed by atoms with Gasteiger partial charge in [0, 0.05) is 17.0 Å². The molecule has 0 radical (unpaired) electrons. The summed E-state index contributed by atoms with van der Waals surface area (Å²) in [5.74, 6) is -23.0. The monoisotopic (exact) mass is 462 g/mol. The molecule has 0 aromatic heterocycles. The molecule has 0 saturated carbocycles. The second-order valence-corrected chi connectivity index (χ2v) is 6.83. The fourth-order valence-electron chi connectivity index (χ4n) is 2.65. The number of alkyl halides is 9. The first-order valence-electron chi connectivity index (χ1n) is 8.17. The van der Waals surface area contributed by atoms with Crippen LogP contribution in [0, 0.1) is 0 Å². The Morgan fingerprint density at radius 2 is 1.27 bits per heavy atom. The summed E-state index contributed by atoms with van der Waals surface area (Å²) in [6.45, 7) is 0. The van der Waals surface area contributed by atoms with Crippen LogP contribution in [0.2, 0.25) is 5.02 Å². The number of Topliss-reactive ketones (excluding diaryl/α,β-unsaturated/α-hetero) is 1. The van der Waals surface area contributed by atoms with Crippen LogP contribution in [0.15, 0.2) is 54.6 Å². The van der Waals surface area contributed by atoms with Crippen LogP contribution in [0.25, 0.3) is 0 Å². The van der Waals surface area contributed by atoms with E-state index in [-0.39, 0.29) is 16.1 Å². The molecule has 2 rings (SSSR count). The van der Waals surface area contributed by atoms with Crippen molar-refractivity contribution in [3.05, 3.63) is 70.7 Å². The summed E-state index contributed by atoms with van der Waals surface area (Å²) in [5.41, 5.74) is -0.529. The average molecular weight is 463 g/mol. The van der Waals surface area contributed by atoms with E-state index in [9.17, 15) is 44.3 Å². The number of ketones is 1. The van der Waals surface area contributed by atoms with Crippen molar-refractivity contribution in [2.75, 3.05) is 0 Å². The van der Waals surface area contributed by atoms with Gasteiger partial charge in [-0.1, -0.05) is 54.1 Å². The van der Waals surface area contributed by atoms with Gasteiger partial charge in [0.05, 0.1) is 5.92 Å². The van der Waals surface area contributed by atoms with E-state index in [2.05, 4.69) is 0 Å². The van der Waals surface area contributed by atoms with E-state index in [1.807, 2.05) is 0 Å². The van der Waals surface area contributed by atoms with Crippen molar-refractivity contribution in [3.8, 4) is 0 Å². The van der Waals surface area contributed by atoms with Crippen LogP contribution in [-0.2, 0) is 0 Å². The van der Waals surface area contributed by atoms with E-state index < -0.39 is 42.1 Å². The number of carbonyl (C=O) groups excluding carboxylic acids is 1. The third kappa shape index (κ3) is 4.43. The molecule has 0 aliphatic rings. The lowest BCUT2D eigenvalue weighted by molar-refractivity contribution is -0.396. The van der Waals surface area contributed by atoms with Gasteiger partial charge in [-0.25, -0.2) is 0 Å². The van der Waals surface area contributed by atoms with Gasteiger partial charge in [-0.05, 0) is 17.7 Å². The molecule has 1 nitrogen and oxygen atoms in total. The molecule has 0 N–H and O–H groups in total. The lowest BCUT2D eigenvalue weighted by Gasteiger charge is -2.35. The maximum atomic E-state index is 14.2. The van der Waals surface area contributed by atoms with Crippen LogP contribution in [0.4, 0.5) is 39.5 Å². The van der Waals surface area contributed by atoms with Crippen LogP contribution in [0.1, 0.15) is 28.3 Å². The van der Waals surface area contributed by atoms with Crippen molar-refractivity contribution < 1.29 is 44.3 Å². The standard InChI is InChI=1S/C19H12ClF9O/c20-13-8-6-11(7-9-13)14(15(30)12-4-2-1-3-5-12)10-16(21,22)17(23,24)18(25,26)19(27,28)29/h1-9,14H,10H2. The van der Waals surface area contributed by atoms with Crippen LogP contribution >= 0.6 is 11.6 Å². The van der Waals surface area contributed by atoms with Crippen LogP contribution in [0.5, 0.6) is 0 Å². The predicted molar refractivity (Wildman–Crippen MR) is 90.5 cm³/mol. The highest BCUT2D eigenvalue weighted by Crippen LogP contribution is 2.55. The Kier molecular flexibility index (Phi) is 6.51.